The lowest BCUT2D eigenvalue weighted by molar-refractivity contribution is -0.145. The van der Waals surface area contributed by atoms with Gasteiger partial charge in [0.2, 0.25) is 0 Å². The van der Waals surface area contributed by atoms with Crippen LogP contribution in [0.4, 0.5) is 0 Å². The van der Waals surface area contributed by atoms with Gasteiger partial charge in [0.05, 0.1) is 5.41 Å². The zero-order valence-corrected chi connectivity index (χ0v) is 12.7. The van der Waals surface area contributed by atoms with Gasteiger partial charge in [-0.2, -0.15) is 0 Å². The van der Waals surface area contributed by atoms with Gasteiger partial charge in [0.15, 0.2) is 0 Å². The summed E-state index contributed by atoms with van der Waals surface area (Å²) in [5.74, 6) is -2.08. The number of carboxylic acid groups (broad SMARTS) is 2. The Balaban J connectivity index is 2.13. The van der Waals surface area contributed by atoms with Gasteiger partial charge in [-0.3, -0.25) is 4.79 Å². The molecule has 0 saturated heterocycles. The van der Waals surface area contributed by atoms with E-state index in [0.29, 0.717) is 5.57 Å². The van der Waals surface area contributed by atoms with E-state index in [-0.39, 0.29) is 12.0 Å². The maximum atomic E-state index is 11.6. The first-order valence-corrected chi connectivity index (χ1v) is 7.60. The molecule has 0 aliphatic heterocycles. The number of allylic oxidation sites excluding steroid dienone is 2. The number of thiophene rings is 1. The Bertz CT molecular complexity index is 810. The summed E-state index contributed by atoms with van der Waals surface area (Å²) in [6.45, 7) is 1.54. The highest BCUT2D eigenvalue weighted by atomic mass is 32.1. The molecule has 1 unspecified atom stereocenters. The molecule has 0 radical (unpaired) electrons. The Kier molecular flexibility index (Phi) is 3.37. The van der Waals surface area contributed by atoms with Gasteiger partial charge in [0.1, 0.15) is 0 Å². The third-order valence-electron chi connectivity index (χ3n) is 3.92. The lowest BCUT2D eigenvalue weighted by Crippen LogP contribution is -2.29. The van der Waals surface area contributed by atoms with Crippen LogP contribution in [0.1, 0.15) is 18.2 Å². The van der Waals surface area contributed by atoms with Crippen molar-refractivity contribution in [3.8, 4) is 0 Å². The molecule has 4 nitrogen and oxygen atoms in total. The summed E-state index contributed by atoms with van der Waals surface area (Å²) >= 11 is 1.51. The molecule has 1 aromatic carbocycles. The van der Waals surface area contributed by atoms with Gasteiger partial charge < -0.3 is 10.2 Å². The van der Waals surface area contributed by atoms with Gasteiger partial charge in [0.25, 0.3) is 0 Å². The number of aliphatic carboxylic acids is 2. The molecule has 1 aromatic heterocycles. The van der Waals surface area contributed by atoms with Crippen molar-refractivity contribution in [3.63, 3.8) is 0 Å². The minimum absolute atomic E-state index is 0.0161. The first-order valence-electron chi connectivity index (χ1n) is 6.79. The van der Waals surface area contributed by atoms with Crippen molar-refractivity contribution in [2.45, 2.75) is 13.3 Å². The molecule has 112 valence electrons. The lowest BCUT2D eigenvalue weighted by Gasteiger charge is -2.26. The van der Waals surface area contributed by atoms with Gasteiger partial charge >= 0.3 is 11.9 Å². The fourth-order valence-electron chi connectivity index (χ4n) is 2.57. The van der Waals surface area contributed by atoms with Crippen LogP contribution in [0.3, 0.4) is 0 Å². The Morgan fingerprint density at radius 3 is 2.59 bits per heavy atom. The number of rotatable bonds is 3. The SMILES string of the molecule is CC1(C(=O)O)C=CC(c2cc3ccccc3s2)=C(C(=O)O)C1. The standard InChI is InChI=1S/C17H14O4S/c1-17(16(20)21)7-6-11(12(9-17)15(18)19)14-8-10-4-2-3-5-13(10)22-14/h2-8H,9H2,1H3,(H,18,19)(H,20,21). The first-order chi connectivity index (χ1) is 10.4. The van der Waals surface area contributed by atoms with Gasteiger partial charge in [-0.25, -0.2) is 4.79 Å². The zero-order chi connectivity index (χ0) is 15.9. The van der Waals surface area contributed by atoms with E-state index in [0.717, 1.165) is 15.0 Å². The molecular formula is C17H14O4S. The molecule has 2 N–H and O–H groups in total. The Morgan fingerprint density at radius 2 is 1.95 bits per heavy atom. The van der Waals surface area contributed by atoms with Gasteiger partial charge in [-0.15, -0.1) is 11.3 Å². The van der Waals surface area contributed by atoms with E-state index in [4.69, 9.17) is 0 Å². The largest absolute Gasteiger partial charge is 0.481 e. The molecule has 2 aromatic rings. The first kappa shape index (κ1) is 14.5. The summed E-state index contributed by atoms with van der Waals surface area (Å²) in [4.78, 5) is 23.8. The van der Waals surface area contributed by atoms with Crippen LogP contribution in [-0.2, 0) is 9.59 Å². The number of benzene rings is 1. The van der Waals surface area contributed by atoms with Crippen LogP contribution in [0, 0.1) is 5.41 Å². The average molecular weight is 314 g/mol. The molecule has 0 fully saturated rings. The zero-order valence-electron chi connectivity index (χ0n) is 11.9. The molecule has 0 saturated carbocycles. The third-order valence-corrected chi connectivity index (χ3v) is 5.07. The Hall–Kier alpha value is -2.40. The minimum atomic E-state index is -1.17. The Labute approximate surface area is 131 Å². The molecule has 0 spiro atoms. The topological polar surface area (TPSA) is 74.6 Å². The molecule has 22 heavy (non-hydrogen) atoms. The van der Waals surface area contributed by atoms with Crippen LogP contribution in [0.15, 0.2) is 48.1 Å². The smallest absolute Gasteiger partial charge is 0.332 e. The molecule has 1 atom stereocenters. The van der Waals surface area contributed by atoms with Crippen molar-refractivity contribution in [1.29, 1.82) is 0 Å². The van der Waals surface area contributed by atoms with Crippen LogP contribution < -0.4 is 0 Å². The Morgan fingerprint density at radius 1 is 1.23 bits per heavy atom. The fourth-order valence-corrected chi connectivity index (χ4v) is 3.69. The van der Waals surface area contributed by atoms with Crippen molar-refractivity contribution >= 4 is 38.9 Å². The second kappa shape index (κ2) is 5.10. The summed E-state index contributed by atoms with van der Waals surface area (Å²) in [6.07, 6.45) is 3.20. The van der Waals surface area contributed by atoms with Crippen molar-refractivity contribution in [1.82, 2.24) is 0 Å². The van der Waals surface area contributed by atoms with Crippen LogP contribution in [0.25, 0.3) is 15.7 Å². The molecule has 1 heterocycles. The normalized spacial score (nSPS) is 21.3. The van der Waals surface area contributed by atoms with Crippen molar-refractivity contribution in [3.05, 3.63) is 52.9 Å². The maximum absolute atomic E-state index is 11.6. The van der Waals surface area contributed by atoms with Gasteiger partial charge in [-0.1, -0.05) is 30.4 Å². The van der Waals surface area contributed by atoms with Crippen molar-refractivity contribution in [2.24, 2.45) is 5.41 Å². The predicted octanol–water partition coefficient (Wildman–Crippen LogP) is 3.79. The van der Waals surface area contributed by atoms with E-state index in [2.05, 4.69) is 0 Å². The molecule has 1 aliphatic rings. The van der Waals surface area contributed by atoms with Crippen LogP contribution >= 0.6 is 11.3 Å². The van der Waals surface area contributed by atoms with Gasteiger partial charge in [0, 0.05) is 20.7 Å². The number of hydrogen-bond donors (Lipinski definition) is 2. The summed E-state index contributed by atoms with van der Waals surface area (Å²) in [5, 5.41) is 19.8. The van der Waals surface area contributed by atoms with Crippen LogP contribution in [0.5, 0.6) is 0 Å². The quantitative estimate of drug-likeness (QED) is 0.904. The van der Waals surface area contributed by atoms with E-state index in [1.165, 1.54) is 18.3 Å². The van der Waals surface area contributed by atoms with Crippen LogP contribution in [-0.4, -0.2) is 22.2 Å². The number of carboxylic acids is 2. The van der Waals surface area contributed by atoms with E-state index in [1.807, 2.05) is 30.3 Å². The minimum Gasteiger partial charge on any atom is -0.481 e. The predicted molar refractivity (Wildman–Crippen MR) is 85.9 cm³/mol. The van der Waals surface area contributed by atoms with Crippen molar-refractivity contribution < 1.29 is 19.8 Å². The summed E-state index contributed by atoms with van der Waals surface area (Å²) in [5.41, 5.74) is -0.417. The highest BCUT2D eigenvalue weighted by Crippen LogP contribution is 2.41. The lowest BCUT2D eigenvalue weighted by atomic mass is 9.77. The van der Waals surface area contributed by atoms with E-state index < -0.39 is 17.4 Å². The molecule has 0 bridgehead atoms. The van der Waals surface area contributed by atoms with E-state index >= 15 is 0 Å². The molecule has 0 amide bonds. The van der Waals surface area contributed by atoms with E-state index in [9.17, 15) is 19.8 Å². The second-order valence-corrected chi connectivity index (χ2v) is 6.66. The summed E-state index contributed by atoms with van der Waals surface area (Å²) in [6, 6.07) is 9.78. The van der Waals surface area contributed by atoms with Crippen LogP contribution in [0.2, 0.25) is 0 Å². The molecule has 3 rings (SSSR count). The number of fused-ring (bicyclic) bond motifs is 1. The molecular weight excluding hydrogens is 300 g/mol. The van der Waals surface area contributed by atoms with Crippen molar-refractivity contribution in [2.75, 3.05) is 0 Å². The number of hydrogen-bond acceptors (Lipinski definition) is 3. The third kappa shape index (κ3) is 2.33. The molecule has 1 aliphatic carbocycles. The summed E-state index contributed by atoms with van der Waals surface area (Å²) in [7, 11) is 0. The monoisotopic (exact) mass is 314 g/mol. The fraction of sp³-hybridized carbons (Fsp3) is 0.176. The highest BCUT2D eigenvalue weighted by Gasteiger charge is 2.37. The average Bonchev–Trinajstić information content (AvgIpc) is 2.90. The highest BCUT2D eigenvalue weighted by molar-refractivity contribution is 7.20. The summed E-state index contributed by atoms with van der Waals surface area (Å²) < 4.78 is 1.08. The molecule has 5 heteroatoms. The second-order valence-electron chi connectivity index (χ2n) is 5.58. The number of carbonyl (C=O) groups is 2. The van der Waals surface area contributed by atoms with Gasteiger partial charge in [-0.05, 0) is 30.9 Å². The van der Waals surface area contributed by atoms with E-state index in [1.54, 1.807) is 12.2 Å². The maximum Gasteiger partial charge on any atom is 0.332 e.